The summed E-state index contributed by atoms with van der Waals surface area (Å²) in [5.74, 6) is 0.250. The molecule has 18 heavy (non-hydrogen) atoms. The van der Waals surface area contributed by atoms with E-state index in [1.165, 1.54) is 18.0 Å². The quantitative estimate of drug-likeness (QED) is 0.260. The lowest BCUT2D eigenvalue weighted by molar-refractivity contribution is 0.104. The molecule has 0 aromatic carbocycles. The predicted molar refractivity (Wildman–Crippen MR) is 76.4 cm³/mol. The summed E-state index contributed by atoms with van der Waals surface area (Å²) in [5.41, 5.74) is 0.356. The lowest BCUT2D eigenvalue weighted by Crippen LogP contribution is -2.01. The molecule has 98 valence electrons. The van der Waals surface area contributed by atoms with Gasteiger partial charge in [0.25, 0.3) is 0 Å². The standard InChI is InChI=1S/C13H17ClN2OS/c1-4-5-9(2)6-7-11(17)10-8-15-13(18-3)16-12(10)14/h6-9H,4-5H2,1-3H3/b7-6+. The maximum atomic E-state index is 11.9. The van der Waals surface area contributed by atoms with Crippen LogP contribution in [0.1, 0.15) is 37.0 Å². The van der Waals surface area contributed by atoms with Gasteiger partial charge in [0.2, 0.25) is 0 Å². The zero-order valence-electron chi connectivity index (χ0n) is 10.8. The van der Waals surface area contributed by atoms with Crippen LogP contribution in [0.3, 0.4) is 0 Å². The Labute approximate surface area is 117 Å². The minimum atomic E-state index is -0.143. The molecule has 0 fully saturated rings. The first-order valence-corrected chi connectivity index (χ1v) is 7.47. The molecule has 1 unspecified atom stereocenters. The predicted octanol–water partition coefficient (Wildman–Crippen LogP) is 4.03. The highest BCUT2D eigenvalue weighted by molar-refractivity contribution is 7.98. The molecule has 0 saturated heterocycles. The minimum Gasteiger partial charge on any atom is -0.289 e. The van der Waals surface area contributed by atoms with E-state index in [0.717, 1.165) is 12.8 Å². The van der Waals surface area contributed by atoms with Crippen molar-refractivity contribution in [3.63, 3.8) is 0 Å². The molecule has 0 N–H and O–H groups in total. The average molecular weight is 285 g/mol. The van der Waals surface area contributed by atoms with Crippen molar-refractivity contribution in [1.82, 2.24) is 9.97 Å². The van der Waals surface area contributed by atoms with Crippen LogP contribution in [0.2, 0.25) is 5.15 Å². The molecule has 1 atom stereocenters. The molecule has 5 heteroatoms. The molecule has 1 aromatic heterocycles. The van der Waals surface area contributed by atoms with Crippen molar-refractivity contribution in [2.24, 2.45) is 5.92 Å². The van der Waals surface area contributed by atoms with Gasteiger partial charge in [0.1, 0.15) is 5.15 Å². The van der Waals surface area contributed by atoms with E-state index in [9.17, 15) is 4.79 Å². The molecule has 3 nitrogen and oxygen atoms in total. The number of hydrogen-bond acceptors (Lipinski definition) is 4. The number of rotatable bonds is 6. The van der Waals surface area contributed by atoms with Crippen LogP contribution in [-0.4, -0.2) is 22.0 Å². The molecule has 0 saturated carbocycles. The lowest BCUT2D eigenvalue weighted by Gasteiger charge is -2.03. The van der Waals surface area contributed by atoms with Gasteiger partial charge in [-0.1, -0.05) is 49.7 Å². The zero-order valence-corrected chi connectivity index (χ0v) is 12.4. The number of nitrogens with zero attached hydrogens (tertiary/aromatic N) is 2. The van der Waals surface area contributed by atoms with Crippen LogP contribution >= 0.6 is 23.4 Å². The van der Waals surface area contributed by atoms with Crippen LogP contribution in [0.15, 0.2) is 23.5 Å². The molecule has 1 aromatic rings. The summed E-state index contributed by atoms with van der Waals surface area (Å²) in [4.78, 5) is 20.0. The fourth-order valence-electron chi connectivity index (χ4n) is 1.50. The van der Waals surface area contributed by atoms with E-state index in [-0.39, 0.29) is 10.9 Å². The highest BCUT2D eigenvalue weighted by atomic mass is 35.5. The monoisotopic (exact) mass is 284 g/mol. The fraction of sp³-hybridized carbons (Fsp3) is 0.462. The molecule has 0 radical (unpaired) electrons. The van der Waals surface area contributed by atoms with E-state index < -0.39 is 0 Å². The van der Waals surface area contributed by atoms with Crippen LogP contribution in [0, 0.1) is 5.92 Å². The normalized spacial score (nSPS) is 12.9. The van der Waals surface area contributed by atoms with Crippen molar-refractivity contribution in [2.45, 2.75) is 31.8 Å². The number of carbonyl (C=O) groups is 1. The van der Waals surface area contributed by atoms with Crippen molar-refractivity contribution < 1.29 is 4.79 Å². The van der Waals surface area contributed by atoms with Gasteiger partial charge in [-0.3, -0.25) is 4.79 Å². The summed E-state index contributed by atoms with van der Waals surface area (Å²) in [6, 6.07) is 0. The van der Waals surface area contributed by atoms with E-state index in [1.807, 2.05) is 12.3 Å². The molecule has 0 amide bonds. The second-order valence-electron chi connectivity index (χ2n) is 4.05. The SMILES string of the molecule is CCCC(C)/C=C/C(=O)c1cnc(SC)nc1Cl. The van der Waals surface area contributed by atoms with Crippen LogP contribution in [-0.2, 0) is 0 Å². The Bertz CT molecular complexity index is 449. The summed E-state index contributed by atoms with van der Waals surface area (Å²) in [6.45, 7) is 4.21. The van der Waals surface area contributed by atoms with Gasteiger partial charge in [-0.15, -0.1) is 0 Å². The number of halogens is 1. The summed E-state index contributed by atoms with van der Waals surface area (Å²) < 4.78 is 0. The van der Waals surface area contributed by atoms with Gasteiger partial charge in [-0.25, -0.2) is 9.97 Å². The summed E-state index contributed by atoms with van der Waals surface area (Å²) >= 11 is 7.35. The summed E-state index contributed by atoms with van der Waals surface area (Å²) in [7, 11) is 0. The number of carbonyl (C=O) groups excluding carboxylic acids is 1. The van der Waals surface area contributed by atoms with Crippen molar-refractivity contribution in [3.8, 4) is 0 Å². The van der Waals surface area contributed by atoms with Crippen LogP contribution in [0.4, 0.5) is 0 Å². The van der Waals surface area contributed by atoms with E-state index in [4.69, 9.17) is 11.6 Å². The Morgan fingerprint density at radius 1 is 1.61 bits per heavy atom. The average Bonchev–Trinajstić information content (AvgIpc) is 2.36. The smallest absolute Gasteiger partial charge is 0.190 e. The highest BCUT2D eigenvalue weighted by Gasteiger charge is 2.10. The molecule has 0 aliphatic carbocycles. The van der Waals surface area contributed by atoms with Crippen LogP contribution < -0.4 is 0 Å². The maximum absolute atomic E-state index is 11.9. The number of ketones is 1. The number of hydrogen-bond donors (Lipinski definition) is 0. The third-order valence-electron chi connectivity index (χ3n) is 2.49. The number of allylic oxidation sites excluding steroid dienone is 2. The van der Waals surface area contributed by atoms with Gasteiger partial charge >= 0.3 is 0 Å². The molecule has 1 rings (SSSR count). The third kappa shape index (κ3) is 4.42. The first-order chi connectivity index (χ1) is 8.58. The van der Waals surface area contributed by atoms with Gasteiger partial charge in [0.05, 0.1) is 5.56 Å². The molecular formula is C13H17ClN2OS. The zero-order chi connectivity index (χ0) is 13.5. The fourth-order valence-corrected chi connectivity index (χ4v) is 2.12. The van der Waals surface area contributed by atoms with Crippen molar-refractivity contribution in [3.05, 3.63) is 29.1 Å². The topological polar surface area (TPSA) is 42.9 Å². The first kappa shape index (κ1) is 15.2. The molecule has 0 aliphatic rings. The van der Waals surface area contributed by atoms with Crippen LogP contribution in [0.25, 0.3) is 0 Å². The van der Waals surface area contributed by atoms with E-state index in [2.05, 4.69) is 23.8 Å². The number of thioether (sulfide) groups is 1. The van der Waals surface area contributed by atoms with Crippen molar-refractivity contribution in [2.75, 3.05) is 6.26 Å². The Kier molecular flexibility index (Phi) is 6.36. The van der Waals surface area contributed by atoms with Crippen molar-refractivity contribution in [1.29, 1.82) is 0 Å². The summed E-state index contributed by atoms with van der Waals surface area (Å²) in [5, 5.41) is 0.784. The Morgan fingerprint density at radius 2 is 2.33 bits per heavy atom. The van der Waals surface area contributed by atoms with Gasteiger partial charge in [0, 0.05) is 6.20 Å². The molecule has 0 spiro atoms. The van der Waals surface area contributed by atoms with Crippen molar-refractivity contribution >= 4 is 29.1 Å². The van der Waals surface area contributed by atoms with Gasteiger partial charge in [0.15, 0.2) is 10.9 Å². The second kappa shape index (κ2) is 7.54. The number of aromatic nitrogens is 2. The van der Waals surface area contributed by atoms with E-state index in [1.54, 1.807) is 6.08 Å². The van der Waals surface area contributed by atoms with Gasteiger partial charge in [-0.05, 0) is 24.7 Å². The lowest BCUT2D eigenvalue weighted by atomic mass is 10.0. The summed E-state index contributed by atoms with van der Waals surface area (Å²) in [6.07, 6.45) is 8.98. The minimum absolute atomic E-state index is 0.143. The molecule has 1 heterocycles. The van der Waals surface area contributed by atoms with Crippen LogP contribution in [0.5, 0.6) is 0 Å². The van der Waals surface area contributed by atoms with E-state index in [0.29, 0.717) is 16.6 Å². The first-order valence-electron chi connectivity index (χ1n) is 5.87. The Hall–Kier alpha value is -0.870. The highest BCUT2D eigenvalue weighted by Crippen LogP contribution is 2.17. The largest absolute Gasteiger partial charge is 0.289 e. The molecular weight excluding hydrogens is 268 g/mol. The van der Waals surface area contributed by atoms with Gasteiger partial charge < -0.3 is 0 Å². The third-order valence-corrected chi connectivity index (χ3v) is 3.34. The Balaban J connectivity index is 2.78. The maximum Gasteiger partial charge on any atom is 0.190 e. The second-order valence-corrected chi connectivity index (χ2v) is 5.18. The van der Waals surface area contributed by atoms with Gasteiger partial charge in [-0.2, -0.15) is 0 Å². The molecule has 0 aliphatic heterocycles. The Morgan fingerprint density at radius 3 is 2.89 bits per heavy atom. The molecule has 0 bridgehead atoms. The van der Waals surface area contributed by atoms with E-state index >= 15 is 0 Å².